The lowest BCUT2D eigenvalue weighted by Gasteiger charge is -2.39. The van der Waals surface area contributed by atoms with E-state index in [4.69, 9.17) is 22.4 Å². The number of hydrogen-bond donors (Lipinski definition) is 0. The molecule has 0 bridgehead atoms. The molecule has 0 aliphatic carbocycles. The third-order valence-electron chi connectivity index (χ3n) is 8.89. The fraction of sp³-hybridized carbons (Fsp3) is 0.224. The van der Waals surface area contributed by atoms with Gasteiger partial charge >= 0.3 is 20.5 Å². The lowest BCUT2D eigenvalue weighted by molar-refractivity contribution is -0.161. The standard InChI is InChI=1S/C43H42O7Si3.6CH4/c1-51(2,50-53(39-27-15-6-16-28-39,40-29-17-7-18-30-40)41-31-19-8-20-32-41)48-34-46-42(44)33-43(45)47-35-49-52(36-21-9-3-10-22-36,37-23-11-4-12-24-37)38-25-13-5-14-26-38;;;;;;/h3-32H,33-35H2,1-2H3;6*1H4. The van der Waals surface area contributed by atoms with Crippen molar-refractivity contribution in [3.05, 3.63) is 182 Å². The van der Waals surface area contributed by atoms with Crippen molar-refractivity contribution in [1.82, 2.24) is 0 Å². The van der Waals surface area contributed by atoms with Gasteiger partial charge in [0.25, 0.3) is 16.6 Å². The van der Waals surface area contributed by atoms with Gasteiger partial charge in [0.2, 0.25) is 0 Å². The van der Waals surface area contributed by atoms with Crippen LogP contribution in [0.1, 0.15) is 51.0 Å². The summed E-state index contributed by atoms with van der Waals surface area (Å²) in [6.07, 6.45) is -0.594. The van der Waals surface area contributed by atoms with E-state index in [1.165, 1.54) is 0 Å². The van der Waals surface area contributed by atoms with Gasteiger partial charge in [-0.15, -0.1) is 0 Å². The third kappa shape index (κ3) is 12.9. The van der Waals surface area contributed by atoms with Crippen LogP contribution >= 0.6 is 0 Å². The largest absolute Gasteiger partial charge is 0.439 e. The molecule has 0 heterocycles. The second-order valence-corrected chi connectivity index (χ2v) is 23.2. The van der Waals surface area contributed by atoms with Crippen molar-refractivity contribution in [2.75, 3.05) is 13.6 Å². The van der Waals surface area contributed by atoms with Crippen molar-refractivity contribution in [1.29, 1.82) is 0 Å². The van der Waals surface area contributed by atoms with Gasteiger partial charge in [-0.3, -0.25) is 9.59 Å². The Morgan fingerprint density at radius 2 is 0.610 bits per heavy atom. The summed E-state index contributed by atoms with van der Waals surface area (Å²) >= 11 is 0. The lowest BCUT2D eigenvalue weighted by atomic mass is 10.3. The molecule has 0 N–H and O–H groups in total. The highest BCUT2D eigenvalue weighted by Gasteiger charge is 2.47. The molecule has 6 aromatic carbocycles. The summed E-state index contributed by atoms with van der Waals surface area (Å²) in [6, 6.07) is 60.5. The second-order valence-electron chi connectivity index (χ2n) is 12.8. The first kappa shape index (κ1) is 53.8. The van der Waals surface area contributed by atoms with Crippen molar-refractivity contribution in [3.63, 3.8) is 0 Å². The highest BCUT2D eigenvalue weighted by molar-refractivity contribution is 7.10. The van der Waals surface area contributed by atoms with Gasteiger partial charge in [0.15, 0.2) is 13.6 Å². The molecule has 0 atom stereocenters. The second kappa shape index (κ2) is 25.3. The number of carbonyl (C=O) groups excluding carboxylic acids is 2. The Morgan fingerprint density at radius 3 is 0.881 bits per heavy atom. The predicted molar refractivity (Wildman–Crippen MR) is 256 cm³/mol. The van der Waals surface area contributed by atoms with Gasteiger partial charge in [-0.1, -0.05) is 227 Å². The number of ether oxygens (including phenoxy) is 2. The maximum absolute atomic E-state index is 12.9. The Hall–Kier alpha value is -5.21. The molecule has 0 aliphatic rings. The molecule has 0 unspecified atom stereocenters. The molecule has 0 fully saturated rings. The van der Waals surface area contributed by atoms with Gasteiger partial charge in [0.1, 0.15) is 6.42 Å². The molecule has 59 heavy (non-hydrogen) atoms. The molecule has 0 saturated heterocycles. The van der Waals surface area contributed by atoms with Gasteiger partial charge in [-0.05, 0) is 44.2 Å². The number of rotatable bonds is 16. The van der Waals surface area contributed by atoms with Crippen LogP contribution in [0.4, 0.5) is 0 Å². The average Bonchev–Trinajstić information content (AvgIpc) is 3.20. The van der Waals surface area contributed by atoms with E-state index < -0.39 is 43.6 Å². The zero-order valence-corrected chi connectivity index (χ0v) is 32.8. The van der Waals surface area contributed by atoms with E-state index in [2.05, 4.69) is 36.4 Å². The van der Waals surface area contributed by atoms with E-state index in [0.29, 0.717) is 0 Å². The van der Waals surface area contributed by atoms with Crippen molar-refractivity contribution >= 4 is 68.3 Å². The summed E-state index contributed by atoms with van der Waals surface area (Å²) in [6.45, 7) is 3.17. The Bertz CT molecular complexity index is 1840. The van der Waals surface area contributed by atoms with E-state index >= 15 is 0 Å². The fourth-order valence-electron chi connectivity index (χ4n) is 6.50. The summed E-state index contributed by atoms with van der Waals surface area (Å²) in [5.74, 6) is -1.53. The Labute approximate surface area is 358 Å². The molecule has 0 amide bonds. The first-order valence-electron chi connectivity index (χ1n) is 17.5. The molecule has 6 aromatic rings. The monoisotopic (exact) mass is 850 g/mol. The Morgan fingerprint density at radius 1 is 0.373 bits per heavy atom. The van der Waals surface area contributed by atoms with Crippen molar-refractivity contribution in [2.24, 2.45) is 0 Å². The first-order valence-corrected chi connectivity index (χ1v) is 24.1. The van der Waals surface area contributed by atoms with Gasteiger partial charge < -0.3 is 22.4 Å². The molecule has 10 heteroatoms. The van der Waals surface area contributed by atoms with Crippen LogP contribution in [0.25, 0.3) is 0 Å². The summed E-state index contributed by atoms with van der Waals surface area (Å²) < 4.78 is 31.0. The SMILES string of the molecule is C.C.C.C.C.C.C[Si](C)(OCOC(=O)CC(=O)OCO[Si](c1ccccc1)(c1ccccc1)c1ccccc1)O[Si](c1ccccc1)(c1ccccc1)c1ccccc1. The smallest absolute Gasteiger partial charge is 0.324 e. The molecule has 0 aliphatic heterocycles. The highest BCUT2D eigenvalue weighted by Crippen LogP contribution is 2.18. The predicted octanol–water partition coefficient (Wildman–Crippen LogP) is 8.28. The van der Waals surface area contributed by atoms with Crippen LogP contribution in [0, 0.1) is 0 Å². The number of benzene rings is 6. The van der Waals surface area contributed by atoms with E-state index in [1.807, 2.05) is 159 Å². The normalized spacial score (nSPS) is 10.6. The summed E-state index contributed by atoms with van der Waals surface area (Å²) in [5.41, 5.74) is 0. The summed E-state index contributed by atoms with van der Waals surface area (Å²) in [5, 5.41) is 6.21. The Kier molecular flexibility index (Phi) is 23.1. The van der Waals surface area contributed by atoms with Gasteiger partial charge in [-0.25, -0.2) is 0 Å². The zero-order valence-electron chi connectivity index (χ0n) is 29.8. The van der Waals surface area contributed by atoms with Crippen LogP contribution in [-0.4, -0.2) is 50.7 Å². The van der Waals surface area contributed by atoms with E-state index in [0.717, 1.165) is 31.1 Å². The maximum atomic E-state index is 12.9. The fourth-order valence-corrected chi connectivity index (χ4v) is 18.2. The van der Waals surface area contributed by atoms with Gasteiger partial charge in [0, 0.05) is 0 Å². The summed E-state index contributed by atoms with van der Waals surface area (Å²) in [4.78, 5) is 25.8. The lowest BCUT2D eigenvalue weighted by Crippen LogP contribution is -2.72. The van der Waals surface area contributed by atoms with Crippen molar-refractivity contribution in [3.8, 4) is 0 Å². The highest BCUT2D eigenvalue weighted by atomic mass is 28.4. The first-order chi connectivity index (χ1) is 25.8. The van der Waals surface area contributed by atoms with Crippen LogP contribution in [0.3, 0.4) is 0 Å². The van der Waals surface area contributed by atoms with E-state index in [-0.39, 0.29) is 58.1 Å². The molecule has 0 radical (unpaired) electrons. The van der Waals surface area contributed by atoms with Crippen LogP contribution < -0.4 is 31.1 Å². The van der Waals surface area contributed by atoms with Crippen LogP contribution in [0.15, 0.2) is 182 Å². The van der Waals surface area contributed by atoms with Crippen LogP contribution in [0.2, 0.25) is 13.1 Å². The minimum Gasteiger partial charge on any atom is -0.439 e. The van der Waals surface area contributed by atoms with Crippen LogP contribution in [-0.2, 0) is 32.0 Å². The van der Waals surface area contributed by atoms with Crippen LogP contribution in [0.5, 0.6) is 0 Å². The molecule has 0 aromatic heterocycles. The third-order valence-corrected chi connectivity index (χ3v) is 20.3. The van der Waals surface area contributed by atoms with Gasteiger partial charge in [-0.2, -0.15) is 0 Å². The van der Waals surface area contributed by atoms with Gasteiger partial charge in [0.05, 0.1) is 0 Å². The molecular weight excluding hydrogens is 785 g/mol. The zero-order chi connectivity index (χ0) is 37.0. The molecule has 316 valence electrons. The topological polar surface area (TPSA) is 80.3 Å². The van der Waals surface area contributed by atoms with E-state index in [1.54, 1.807) is 0 Å². The minimum absolute atomic E-state index is 0. The minimum atomic E-state index is -3.09. The average molecular weight is 851 g/mol. The molecular formula is C49H66O7Si3. The summed E-state index contributed by atoms with van der Waals surface area (Å²) in [7, 11) is -9.12. The Balaban J connectivity index is 0.00000561. The quantitative estimate of drug-likeness (QED) is 0.0319. The maximum Gasteiger partial charge on any atom is 0.324 e. The molecule has 7 nitrogen and oxygen atoms in total. The number of esters is 2. The van der Waals surface area contributed by atoms with Crippen molar-refractivity contribution in [2.45, 2.75) is 64.1 Å². The van der Waals surface area contributed by atoms with Crippen molar-refractivity contribution < 1.29 is 32.0 Å². The molecule has 0 spiro atoms. The number of hydrogen-bond acceptors (Lipinski definition) is 7. The van der Waals surface area contributed by atoms with E-state index in [9.17, 15) is 9.59 Å². The molecule has 6 rings (SSSR count). The molecule has 0 saturated carbocycles. The number of carbonyl (C=O) groups is 2.